The molecule has 2 aliphatic rings. The molecule has 2 N–H and O–H groups in total. The second-order valence-electron chi connectivity index (χ2n) is 6.17. The number of hydrogen-bond donors (Lipinski definition) is 2. The van der Waals surface area contributed by atoms with E-state index >= 15 is 0 Å². The second-order valence-corrected chi connectivity index (χ2v) is 6.17. The minimum Gasteiger partial charge on any atom is -0.492 e. The zero-order valence-electron chi connectivity index (χ0n) is 12.6. The van der Waals surface area contributed by atoms with Gasteiger partial charge in [0.2, 0.25) is 5.91 Å². The van der Waals surface area contributed by atoms with Crippen LogP contribution in [0.15, 0.2) is 24.3 Å². The smallest absolute Gasteiger partial charge is 0.227 e. The van der Waals surface area contributed by atoms with Crippen molar-refractivity contribution in [1.29, 1.82) is 0 Å². The maximum atomic E-state index is 12.4. The number of piperidine rings is 1. The monoisotopic (exact) mass is 288 g/mol. The molecule has 3 unspecified atom stereocenters. The van der Waals surface area contributed by atoms with Crippen LogP contribution in [0, 0.1) is 5.92 Å². The fraction of sp³-hybridized carbons (Fsp3) is 0.588. The molecule has 2 aliphatic heterocycles. The molecule has 0 bridgehead atoms. The molecule has 0 saturated carbocycles. The molecule has 0 radical (unpaired) electrons. The van der Waals surface area contributed by atoms with E-state index in [1.807, 2.05) is 24.3 Å². The lowest BCUT2D eigenvalue weighted by atomic mass is 9.94. The van der Waals surface area contributed by atoms with Crippen LogP contribution in [0.3, 0.4) is 0 Å². The fourth-order valence-electron chi connectivity index (χ4n) is 3.24. The van der Waals surface area contributed by atoms with Gasteiger partial charge >= 0.3 is 0 Å². The number of hydrogen-bond acceptors (Lipinski definition) is 3. The second kappa shape index (κ2) is 6.48. The van der Waals surface area contributed by atoms with Crippen molar-refractivity contribution in [3.05, 3.63) is 29.8 Å². The molecule has 3 atom stereocenters. The van der Waals surface area contributed by atoms with Crippen molar-refractivity contribution in [2.45, 2.75) is 44.7 Å². The normalized spacial score (nSPS) is 26.3. The summed E-state index contributed by atoms with van der Waals surface area (Å²) in [5, 5.41) is 6.67. The van der Waals surface area contributed by atoms with E-state index in [0.717, 1.165) is 30.7 Å². The molecule has 21 heavy (non-hydrogen) atoms. The molecular weight excluding hydrogens is 264 g/mol. The molecule has 1 saturated heterocycles. The van der Waals surface area contributed by atoms with Gasteiger partial charge in [-0.05, 0) is 44.4 Å². The van der Waals surface area contributed by atoms with Crippen LogP contribution in [0.25, 0.3) is 0 Å². The quantitative estimate of drug-likeness (QED) is 0.893. The van der Waals surface area contributed by atoms with Gasteiger partial charge in [0.15, 0.2) is 0 Å². The van der Waals surface area contributed by atoms with E-state index in [1.54, 1.807) is 0 Å². The van der Waals surface area contributed by atoms with Crippen molar-refractivity contribution < 1.29 is 9.53 Å². The van der Waals surface area contributed by atoms with Crippen LogP contribution >= 0.6 is 0 Å². The van der Waals surface area contributed by atoms with Gasteiger partial charge in [0.25, 0.3) is 0 Å². The highest BCUT2D eigenvalue weighted by Gasteiger charge is 2.28. The van der Waals surface area contributed by atoms with Gasteiger partial charge in [-0.2, -0.15) is 0 Å². The standard InChI is InChI=1S/C17H24N2O2/c1-12(15-7-4-5-9-18-15)19-17(20)14-10-13-6-2-3-8-16(13)21-11-14/h2-3,6,8,12,14-15,18H,4-5,7,9-11H2,1H3,(H,19,20). The lowest BCUT2D eigenvalue weighted by Crippen LogP contribution is -2.52. The number of amides is 1. The summed E-state index contributed by atoms with van der Waals surface area (Å²) in [4.78, 5) is 12.4. The van der Waals surface area contributed by atoms with E-state index in [0.29, 0.717) is 12.6 Å². The Labute approximate surface area is 126 Å². The van der Waals surface area contributed by atoms with Crippen LogP contribution in [0.5, 0.6) is 5.75 Å². The molecule has 1 aromatic rings. The van der Waals surface area contributed by atoms with Crippen molar-refractivity contribution in [1.82, 2.24) is 10.6 Å². The van der Waals surface area contributed by atoms with E-state index in [-0.39, 0.29) is 17.9 Å². The SMILES string of the molecule is CC(NC(=O)C1COc2ccccc2C1)C1CCCCN1. The molecule has 1 fully saturated rings. The molecule has 1 aromatic carbocycles. The number of carbonyl (C=O) groups excluding carboxylic acids is 1. The topological polar surface area (TPSA) is 50.4 Å². The molecular formula is C17H24N2O2. The Balaban J connectivity index is 1.56. The molecule has 4 nitrogen and oxygen atoms in total. The summed E-state index contributed by atoms with van der Waals surface area (Å²) in [6.45, 7) is 3.64. The largest absolute Gasteiger partial charge is 0.492 e. The number of rotatable bonds is 3. The lowest BCUT2D eigenvalue weighted by molar-refractivity contribution is -0.127. The Morgan fingerprint density at radius 1 is 1.38 bits per heavy atom. The van der Waals surface area contributed by atoms with Crippen LogP contribution in [0.4, 0.5) is 0 Å². The zero-order valence-corrected chi connectivity index (χ0v) is 12.6. The van der Waals surface area contributed by atoms with Gasteiger partial charge in [0.05, 0.1) is 5.92 Å². The lowest BCUT2D eigenvalue weighted by Gasteiger charge is -2.31. The van der Waals surface area contributed by atoms with Gasteiger partial charge in [0.1, 0.15) is 12.4 Å². The first-order chi connectivity index (χ1) is 10.2. The van der Waals surface area contributed by atoms with Crippen LogP contribution in [0.1, 0.15) is 31.7 Å². The molecule has 0 spiro atoms. The molecule has 2 heterocycles. The summed E-state index contributed by atoms with van der Waals surface area (Å²) >= 11 is 0. The average molecular weight is 288 g/mol. The average Bonchev–Trinajstić information content (AvgIpc) is 2.55. The fourth-order valence-corrected chi connectivity index (χ4v) is 3.24. The summed E-state index contributed by atoms with van der Waals surface area (Å²) in [5.74, 6) is 0.957. The first-order valence-corrected chi connectivity index (χ1v) is 7.98. The summed E-state index contributed by atoms with van der Waals surface area (Å²) < 4.78 is 5.71. The Morgan fingerprint density at radius 3 is 3.05 bits per heavy atom. The van der Waals surface area contributed by atoms with Crippen LogP contribution in [0.2, 0.25) is 0 Å². The van der Waals surface area contributed by atoms with Crippen molar-refractivity contribution in [3.8, 4) is 5.75 Å². The maximum Gasteiger partial charge on any atom is 0.227 e. The van der Waals surface area contributed by atoms with Gasteiger partial charge < -0.3 is 15.4 Å². The highest BCUT2D eigenvalue weighted by molar-refractivity contribution is 5.80. The van der Waals surface area contributed by atoms with Crippen molar-refractivity contribution in [2.24, 2.45) is 5.92 Å². The van der Waals surface area contributed by atoms with Crippen LogP contribution in [-0.2, 0) is 11.2 Å². The number of fused-ring (bicyclic) bond motifs is 1. The number of ether oxygens (including phenoxy) is 1. The maximum absolute atomic E-state index is 12.4. The summed E-state index contributed by atoms with van der Waals surface area (Å²) in [6, 6.07) is 8.56. The summed E-state index contributed by atoms with van der Waals surface area (Å²) in [5.41, 5.74) is 1.13. The minimum atomic E-state index is -0.0778. The highest BCUT2D eigenvalue weighted by atomic mass is 16.5. The Morgan fingerprint density at radius 2 is 2.24 bits per heavy atom. The third kappa shape index (κ3) is 3.38. The Bertz CT molecular complexity index is 497. The van der Waals surface area contributed by atoms with Gasteiger partial charge in [-0.15, -0.1) is 0 Å². The Kier molecular flexibility index (Phi) is 4.44. The van der Waals surface area contributed by atoms with E-state index in [9.17, 15) is 4.79 Å². The van der Waals surface area contributed by atoms with Gasteiger partial charge in [-0.25, -0.2) is 0 Å². The first-order valence-electron chi connectivity index (χ1n) is 7.98. The molecule has 0 aliphatic carbocycles. The van der Waals surface area contributed by atoms with E-state index in [2.05, 4.69) is 17.6 Å². The Hall–Kier alpha value is -1.55. The number of para-hydroxylation sites is 1. The first kappa shape index (κ1) is 14.4. The summed E-state index contributed by atoms with van der Waals surface area (Å²) in [7, 11) is 0. The molecule has 4 heteroatoms. The van der Waals surface area contributed by atoms with Crippen LogP contribution in [-0.4, -0.2) is 31.1 Å². The predicted molar refractivity (Wildman–Crippen MR) is 82.4 cm³/mol. The third-order valence-electron chi connectivity index (χ3n) is 4.57. The van der Waals surface area contributed by atoms with Crippen LogP contribution < -0.4 is 15.4 Å². The number of carbonyl (C=O) groups is 1. The molecule has 3 rings (SSSR count). The molecule has 0 aromatic heterocycles. The van der Waals surface area contributed by atoms with E-state index < -0.39 is 0 Å². The predicted octanol–water partition coefficient (Wildman–Crippen LogP) is 1.88. The van der Waals surface area contributed by atoms with E-state index in [1.165, 1.54) is 12.8 Å². The minimum absolute atomic E-state index is 0.0778. The number of benzene rings is 1. The molecule has 1 amide bonds. The van der Waals surface area contributed by atoms with Gasteiger partial charge in [0, 0.05) is 12.1 Å². The van der Waals surface area contributed by atoms with Crippen molar-refractivity contribution >= 4 is 5.91 Å². The van der Waals surface area contributed by atoms with E-state index in [4.69, 9.17) is 4.74 Å². The van der Waals surface area contributed by atoms with Crippen molar-refractivity contribution in [3.63, 3.8) is 0 Å². The highest BCUT2D eigenvalue weighted by Crippen LogP contribution is 2.27. The van der Waals surface area contributed by atoms with Gasteiger partial charge in [-0.1, -0.05) is 24.6 Å². The number of nitrogens with one attached hydrogen (secondary N) is 2. The molecule has 114 valence electrons. The van der Waals surface area contributed by atoms with Crippen molar-refractivity contribution in [2.75, 3.05) is 13.2 Å². The third-order valence-corrected chi connectivity index (χ3v) is 4.57. The van der Waals surface area contributed by atoms with Gasteiger partial charge in [-0.3, -0.25) is 4.79 Å². The zero-order chi connectivity index (χ0) is 14.7. The summed E-state index contributed by atoms with van der Waals surface area (Å²) in [6.07, 6.45) is 4.40.